The molecule has 0 fully saturated rings. The first kappa shape index (κ1) is 23.5. The second-order valence-electron chi connectivity index (χ2n) is 6.45. The van der Waals surface area contributed by atoms with Crippen molar-refractivity contribution in [3.63, 3.8) is 0 Å². The summed E-state index contributed by atoms with van der Waals surface area (Å²) in [5.74, 6) is -1.49. The van der Waals surface area contributed by atoms with Crippen LogP contribution in [0.25, 0.3) is 0 Å². The average Bonchev–Trinajstić information content (AvgIpc) is 2.66. The second kappa shape index (κ2) is 9.38. The molecule has 0 saturated carbocycles. The fourth-order valence-electron chi connectivity index (χ4n) is 2.80. The predicted molar refractivity (Wildman–Crippen MR) is 106 cm³/mol. The molecule has 30 heavy (non-hydrogen) atoms. The molecule has 0 aromatic heterocycles. The van der Waals surface area contributed by atoms with E-state index in [4.69, 9.17) is 9.84 Å². The number of carbonyl (C=O) groups is 1. The van der Waals surface area contributed by atoms with Gasteiger partial charge in [0.2, 0.25) is 10.0 Å². The van der Waals surface area contributed by atoms with Gasteiger partial charge in [0.15, 0.2) is 0 Å². The molecule has 0 radical (unpaired) electrons. The maximum Gasteiger partial charge on any atom is 0.416 e. The molecule has 2 aromatic carbocycles. The number of rotatable bonds is 9. The standard InChI is InChI=1S/C20H22F3NO5S/c1-3-11-30(27,28)24(4-2)17-10-9-16(20(21,22)23)12-18(17)29-13-14-5-7-15(8-6-14)19(25)26/h5-10,12H,3-4,11,13H2,1-2H3,(H,25,26). The molecule has 0 saturated heterocycles. The van der Waals surface area contributed by atoms with Gasteiger partial charge in [0.1, 0.15) is 12.4 Å². The van der Waals surface area contributed by atoms with Crippen molar-refractivity contribution in [3.8, 4) is 5.75 Å². The molecule has 1 N–H and O–H groups in total. The number of carboxylic acid groups (broad SMARTS) is 1. The van der Waals surface area contributed by atoms with Crippen LogP contribution in [0.5, 0.6) is 5.75 Å². The van der Waals surface area contributed by atoms with E-state index in [9.17, 15) is 26.4 Å². The number of hydrogen-bond donors (Lipinski definition) is 1. The van der Waals surface area contributed by atoms with E-state index < -0.39 is 27.7 Å². The number of halogens is 3. The molecule has 2 aromatic rings. The van der Waals surface area contributed by atoms with Crippen LogP contribution in [0.15, 0.2) is 42.5 Å². The van der Waals surface area contributed by atoms with Crippen LogP contribution in [0.4, 0.5) is 18.9 Å². The molecule has 0 atom stereocenters. The summed E-state index contributed by atoms with van der Waals surface area (Å²) in [5.41, 5.74) is -0.378. The van der Waals surface area contributed by atoms with E-state index in [1.807, 2.05) is 0 Å². The summed E-state index contributed by atoms with van der Waals surface area (Å²) in [6.07, 6.45) is -4.27. The molecule has 0 unspecified atom stereocenters. The van der Waals surface area contributed by atoms with Crippen molar-refractivity contribution in [3.05, 3.63) is 59.2 Å². The number of nitrogens with zero attached hydrogens (tertiary/aromatic N) is 1. The zero-order valence-corrected chi connectivity index (χ0v) is 17.3. The van der Waals surface area contributed by atoms with Crippen LogP contribution < -0.4 is 9.04 Å². The van der Waals surface area contributed by atoms with Crippen molar-refractivity contribution in [2.75, 3.05) is 16.6 Å². The van der Waals surface area contributed by atoms with Gasteiger partial charge in [-0.25, -0.2) is 13.2 Å². The van der Waals surface area contributed by atoms with Gasteiger partial charge in [0.05, 0.1) is 22.6 Å². The number of sulfonamides is 1. The van der Waals surface area contributed by atoms with Crippen molar-refractivity contribution in [2.24, 2.45) is 0 Å². The molecule has 0 aliphatic rings. The highest BCUT2D eigenvalue weighted by Crippen LogP contribution is 2.38. The highest BCUT2D eigenvalue weighted by Gasteiger charge is 2.33. The fraction of sp³-hybridized carbons (Fsp3) is 0.350. The maximum atomic E-state index is 13.2. The molecular weight excluding hydrogens is 423 g/mol. The SMILES string of the molecule is CCCS(=O)(=O)N(CC)c1ccc(C(F)(F)F)cc1OCc1ccc(C(=O)O)cc1. The summed E-state index contributed by atoms with van der Waals surface area (Å²) >= 11 is 0. The minimum atomic E-state index is -4.63. The number of carboxylic acids is 1. The van der Waals surface area contributed by atoms with Gasteiger partial charge < -0.3 is 9.84 Å². The molecule has 164 valence electrons. The summed E-state index contributed by atoms with van der Waals surface area (Å²) in [7, 11) is -3.74. The Labute approximate surface area is 172 Å². The molecule has 6 nitrogen and oxygen atoms in total. The Bertz CT molecular complexity index is 988. The molecule has 0 heterocycles. The highest BCUT2D eigenvalue weighted by molar-refractivity contribution is 7.92. The molecule has 0 amide bonds. The van der Waals surface area contributed by atoms with Gasteiger partial charge in [0.25, 0.3) is 0 Å². The summed E-state index contributed by atoms with van der Waals surface area (Å²) in [6, 6.07) is 8.31. The topological polar surface area (TPSA) is 83.9 Å². The average molecular weight is 445 g/mol. The van der Waals surface area contributed by atoms with Crippen LogP contribution in [-0.4, -0.2) is 31.8 Å². The lowest BCUT2D eigenvalue weighted by atomic mass is 10.1. The van der Waals surface area contributed by atoms with Gasteiger partial charge >= 0.3 is 12.1 Å². The lowest BCUT2D eigenvalue weighted by Gasteiger charge is -2.25. The second-order valence-corrected chi connectivity index (χ2v) is 8.46. The summed E-state index contributed by atoms with van der Waals surface area (Å²) in [5, 5.41) is 8.93. The van der Waals surface area contributed by atoms with Gasteiger partial charge in [-0.3, -0.25) is 4.31 Å². The predicted octanol–water partition coefficient (Wildman–Crippen LogP) is 4.55. The van der Waals surface area contributed by atoms with Crippen LogP contribution in [0.2, 0.25) is 0 Å². The van der Waals surface area contributed by atoms with E-state index in [1.54, 1.807) is 13.8 Å². The number of alkyl halides is 3. The zero-order chi connectivity index (χ0) is 22.5. The Morgan fingerprint density at radius 1 is 1.10 bits per heavy atom. The van der Waals surface area contributed by atoms with E-state index in [2.05, 4.69) is 0 Å². The minimum Gasteiger partial charge on any atom is -0.487 e. The number of ether oxygens (including phenoxy) is 1. The monoisotopic (exact) mass is 445 g/mol. The largest absolute Gasteiger partial charge is 0.487 e. The Hall–Kier alpha value is -2.75. The molecule has 2 rings (SSSR count). The quantitative estimate of drug-likeness (QED) is 0.612. The van der Waals surface area contributed by atoms with Crippen LogP contribution in [0.1, 0.15) is 41.8 Å². The van der Waals surface area contributed by atoms with Crippen molar-refractivity contribution < 1.29 is 36.2 Å². The molecular formula is C20H22F3NO5S. The molecule has 0 aliphatic carbocycles. The van der Waals surface area contributed by atoms with Gasteiger partial charge in [-0.1, -0.05) is 19.1 Å². The van der Waals surface area contributed by atoms with Gasteiger partial charge in [0, 0.05) is 6.54 Å². The summed E-state index contributed by atoms with van der Waals surface area (Å²) < 4.78 is 71.3. The third-order valence-corrected chi connectivity index (χ3v) is 6.29. The molecule has 0 spiro atoms. The van der Waals surface area contributed by atoms with E-state index in [0.717, 1.165) is 22.5 Å². The Balaban J connectivity index is 2.42. The van der Waals surface area contributed by atoms with Crippen LogP contribution in [0.3, 0.4) is 0 Å². The Kier molecular flexibility index (Phi) is 7.35. The minimum absolute atomic E-state index is 0.0149. The summed E-state index contributed by atoms with van der Waals surface area (Å²) in [4.78, 5) is 10.9. The fourth-order valence-corrected chi connectivity index (χ4v) is 4.38. The van der Waals surface area contributed by atoms with Gasteiger partial charge in [-0.2, -0.15) is 13.2 Å². The van der Waals surface area contributed by atoms with Crippen LogP contribution >= 0.6 is 0 Å². The lowest BCUT2D eigenvalue weighted by molar-refractivity contribution is -0.137. The third kappa shape index (κ3) is 5.65. The van der Waals surface area contributed by atoms with Crippen molar-refractivity contribution in [1.82, 2.24) is 0 Å². The number of hydrogen-bond acceptors (Lipinski definition) is 4. The molecule has 0 bridgehead atoms. The number of benzene rings is 2. The first-order valence-corrected chi connectivity index (χ1v) is 10.8. The van der Waals surface area contributed by atoms with Gasteiger partial charge in [-0.05, 0) is 49.2 Å². The first-order chi connectivity index (χ1) is 14.0. The first-order valence-electron chi connectivity index (χ1n) is 9.16. The third-order valence-electron chi connectivity index (χ3n) is 4.24. The maximum absolute atomic E-state index is 13.2. The van der Waals surface area contributed by atoms with E-state index in [0.29, 0.717) is 12.0 Å². The normalized spacial score (nSPS) is 11.9. The molecule has 10 heteroatoms. The van der Waals surface area contributed by atoms with E-state index in [1.165, 1.54) is 24.3 Å². The van der Waals surface area contributed by atoms with E-state index in [-0.39, 0.29) is 35.9 Å². The Morgan fingerprint density at radius 3 is 2.23 bits per heavy atom. The highest BCUT2D eigenvalue weighted by atomic mass is 32.2. The number of aromatic carboxylic acids is 1. The lowest BCUT2D eigenvalue weighted by Crippen LogP contribution is -2.33. The van der Waals surface area contributed by atoms with E-state index >= 15 is 0 Å². The van der Waals surface area contributed by atoms with Gasteiger partial charge in [-0.15, -0.1) is 0 Å². The zero-order valence-electron chi connectivity index (χ0n) is 16.4. The van der Waals surface area contributed by atoms with Crippen molar-refractivity contribution in [2.45, 2.75) is 33.1 Å². The molecule has 0 aliphatic heterocycles. The van der Waals surface area contributed by atoms with Crippen molar-refractivity contribution in [1.29, 1.82) is 0 Å². The number of anilines is 1. The van der Waals surface area contributed by atoms with Crippen LogP contribution in [0, 0.1) is 0 Å². The van der Waals surface area contributed by atoms with Crippen molar-refractivity contribution >= 4 is 21.7 Å². The smallest absolute Gasteiger partial charge is 0.416 e. The van der Waals surface area contributed by atoms with Crippen LogP contribution in [-0.2, 0) is 22.8 Å². The summed E-state index contributed by atoms with van der Waals surface area (Å²) in [6.45, 7) is 3.13. The Morgan fingerprint density at radius 2 is 1.73 bits per heavy atom.